The highest BCUT2D eigenvalue weighted by Crippen LogP contribution is 2.59. The first kappa shape index (κ1) is 50.9. The van der Waals surface area contributed by atoms with Crippen molar-refractivity contribution in [3.63, 3.8) is 0 Å². The molecule has 1 spiro atoms. The van der Waals surface area contributed by atoms with Crippen LogP contribution in [0, 0.1) is 0 Å². The van der Waals surface area contributed by atoms with Crippen molar-refractivity contribution in [2.75, 3.05) is 101 Å². The Labute approximate surface area is 375 Å². The fourth-order valence-corrected chi connectivity index (χ4v) is 6.91. The molecule has 0 aliphatic carbocycles. The van der Waals surface area contributed by atoms with Crippen molar-refractivity contribution in [3.8, 4) is 23.0 Å². The highest BCUT2D eigenvalue weighted by atomic mass is 16.7. The highest BCUT2D eigenvalue weighted by molar-refractivity contribution is 5.97. The van der Waals surface area contributed by atoms with E-state index in [0.717, 1.165) is 0 Å². The predicted molar refractivity (Wildman–Crippen MR) is 212 cm³/mol. The summed E-state index contributed by atoms with van der Waals surface area (Å²) in [7, 11) is 1.35. The summed E-state index contributed by atoms with van der Waals surface area (Å²) in [6, 6.07) is 12.8. The van der Waals surface area contributed by atoms with Gasteiger partial charge in [-0.2, -0.15) is 0 Å². The van der Waals surface area contributed by atoms with Gasteiger partial charge in [0.1, 0.15) is 57.0 Å². The smallest absolute Gasteiger partial charge is 0.340 e. The standard InChI is InChI=1S/C41H48N2O23/c1-54-32-8-6-30-38(27(32)10-42(12-34(49)61-22-56-17-45)13-35(50)62-23-57-18-46)65-39-28(11-43(14-36(51)63-24-58-19-47)15-37(52)64-25-59-20-48)33(60-21-55-16-44)9-7-31(39)41(30)29-5-3-2-4-26(29)40(53)66-41/h2-9,44-48H,10-25H2,1H3. The molecule has 0 aromatic heterocycles. The van der Waals surface area contributed by atoms with Crippen LogP contribution in [0.1, 0.15) is 38.2 Å². The zero-order valence-electron chi connectivity index (χ0n) is 35.4. The topological polar surface area (TPSA) is 313 Å². The maximum Gasteiger partial charge on any atom is 0.340 e. The van der Waals surface area contributed by atoms with Gasteiger partial charge in [-0.15, -0.1) is 0 Å². The molecule has 5 rings (SSSR count). The average molecular weight is 937 g/mol. The van der Waals surface area contributed by atoms with Gasteiger partial charge in [0.15, 0.2) is 39.6 Å². The average Bonchev–Trinajstić information content (AvgIpc) is 3.59. The monoisotopic (exact) mass is 936 g/mol. The molecule has 2 heterocycles. The van der Waals surface area contributed by atoms with Crippen LogP contribution in [0.2, 0.25) is 0 Å². The molecular formula is C41H48N2O23. The zero-order chi connectivity index (χ0) is 47.5. The molecule has 3 aromatic rings. The number of benzene rings is 3. The molecule has 3 aromatic carbocycles. The minimum atomic E-state index is -1.80. The maximum atomic E-state index is 13.9. The molecule has 2 aliphatic rings. The fourth-order valence-electron chi connectivity index (χ4n) is 6.91. The number of ether oxygens (including phenoxy) is 13. The van der Waals surface area contributed by atoms with Crippen LogP contribution in [0.25, 0.3) is 0 Å². The second kappa shape index (κ2) is 25.6. The number of aliphatic hydroxyl groups is 5. The van der Waals surface area contributed by atoms with Crippen LogP contribution in [-0.2, 0) is 85.2 Å². The van der Waals surface area contributed by atoms with Crippen LogP contribution in [0.4, 0.5) is 0 Å². The van der Waals surface area contributed by atoms with E-state index in [0.29, 0.717) is 5.56 Å². The third-order valence-electron chi connectivity index (χ3n) is 9.53. The van der Waals surface area contributed by atoms with Gasteiger partial charge in [-0.1, -0.05) is 18.2 Å². The number of carbonyl (C=O) groups is 5. The second-order valence-electron chi connectivity index (χ2n) is 13.5. The molecule has 5 N–H and O–H groups in total. The van der Waals surface area contributed by atoms with Crippen LogP contribution in [0.15, 0.2) is 48.5 Å². The number of hydrogen-bond acceptors (Lipinski definition) is 25. The lowest BCUT2D eigenvalue weighted by atomic mass is 9.76. The van der Waals surface area contributed by atoms with Crippen LogP contribution >= 0.6 is 0 Å². The fraction of sp³-hybridized carbons (Fsp3) is 0.439. The maximum absolute atomic E-state index is 13.9. The molecule has 2 aliphatic heterocycles. The summed E-state index contributed by atoms with van der Waals surface area (Å²) in [5.74, 6) is -4.25. The Hall–Kier alpha value is -6.07. The van der Waals surface area contributed by atoms with Crippen molar-refractivity contribution in [2.45, 2.75) is 18.7 Å². The van der Waals surface area contributed by atoms with E-state index in [1.807, 2.05) is 0 Å². The van der Waals surface area contributed by atoms with Gasteiger partial charge in [-0.05, 0) is 30.3 Å². The number of fused-ring (bicyclic) bond motifs is 6. The Morgan fingerprint density at radius 1 is 0.545 bits per heavy atom. The Kier molecular flexibility index (Phi) is 19.7. The number of methoxy groups -OCH3 is 1. The molecular weight excluding hydrogens is 888 g/mol. The van der Waals surface area contributed by atoms with Crippen molar-refractivity contribution in [3.05, 3.63) is 81.9 Å². The number of esters is 5. The van der Waals surface area contributed by atoms with Gasteiger partial charge in [0.05, 0.1) is 50.0 Å². The number of nitrogens with zero attached hydrogens (tertiary/aromatic N) is 2. The first-order chi connectivity index (χ1) is 32.0. The van der Waals surface area contributed by atoms with Crippen LogP contribution in [-0.4, -0.2) is 166 Å². The summed E-state index contributed by atoms with van der Waals surface area (Å²) < 4.78 is 69.1. The van der Waals surface area contributed by atoms with Crippen molar-refractivity contribution >= 4 is 29.8 Å². The van der Waals surface area contributed by atoms with Gasteiger partial charge in [0.2, 0.25) is 0 Å². The predicted octanol–water partition coefficient (Wildman–Crippen LogP) is -0.962. The molecule has 0 saturated heterocycles. The van der Waals surface area contributed by atoms with Gasteiger partial charge < -0.3 is 87.1 Å². The van der Waals surface area contributed by atoms with E-state index >= 15 is 0 Å². The van der Waals surface area contributed by atoms with E-state index < -0.39 is 136 Å². The molecule has 0 fully saturated rings. The van der Waals surface area contributed by atoms with Crippen molar-refractivity contribution in [1.29, 1.82) is 0 Å². The zero-order valence-corrected chi connectivity index (χ0v) is 35.4. The molecule has 0 bridgehead atoms. The Balaban J connectivity index is 1.71. The lowest BCUT2D eigenvalue weighted by molar-refractivity contribution is -0.170. The van der Waals surface area contributed by atoms with E-state index in [1.165, 1.54) is 23.0 Å². The van der Waals surface area contributed by atoms with E-state index in [1.54, 1.807) is 42.5 Å². The summed E-state index contributed by atoms with van der Waals surface area (Å²) in [5, 5.41) is 45.5. The van der Waals surface area contributed by atoms with Gasteiger partial charge in [0, 0.05) is 29.8 Å². The van der Waals surface area contributed by atoms with Crippen LogP contribution in [0.5, 0.6) is 23.0 Å². The summed E-state index contributed by atoms with van der Waals surface area (Å²) in [6.07, 6.45) is 0. The van der Waals surface area contributed by atoms with E-state index in [2.05, 4.69) is 0 Å². The highest BCUT2D eigenvalue weighted by Gasteiger charge is 2.55. The van der Waals surface area contributed by atoms with Gasteiger partial charge in [-0.3, -0.25) is 29.0 Å². The molecule has 1 unspecified atom stereocenters. The van der Waals surface area contributed by atoms with Crippen molar-refractivity contribution in [1.82, 2.24) is 9.80 Å². The van der Waals surface area contributed by atoms with Crippen LogP contribution < -0.4 is 14.2 Å². The van der Waals surface area contributed by atoms with Gasteiger partial charge in [-0.25, -0.2) is 4.79 Å². The third kappa shape index (κ3) is 12.8. The number of carbonyl (C=O) groups excluding carboxylic acids is 5. The molecule has 0 saturated carbocycles. The van der Waals surface area contributed by atoms with Gasteiger partial charge >= 0.3 is 29.8 Å². The molecule has 360 valence electrons. The van der Waals surface area contributed by atoms with E-state index in [9.17, 15) is 29.1 Å². The summed E-state index contributed by atoms with van der Waals surface area (Å²) in [6.45, 7) is -9.92. The second-order valence-corrected chi connectivity index (χ2v) is 13.5. The van der Waals surface area contributed by atoms with Gasteiger partial charge in [0.25, 0.3) is 0 Å². The molecule has 25 heteroatoms. The number of hydrogen-bond donors (Lipinski definition) is 5. The lowest BCUT2D eigenvalue weighted by Gasteiger charge is -2.39. The van der Waals surface area contributed by atoms with Crippen molar-refractivity contribution in [2.24, 2.45) is 0 Å². The molecule has 66 heavy (non-hydrogen) atoms. The third-order valence-corrected chi connectivity index (χ3v) is 9.53. The summed E-state index contributed by atoms with van der Waals surface area (Å²) in [4.78, 5) is 68.7. The van der Waals surface area contributed by atoms with E-state index in [-0.39, 0.29) is 57.4 Å². The number of rotatable bonds is 29. The molecule has 25 nitrogen and oxygen atoms in total. The van der Waals surface area contributed by atoms with E-state index in [4.69, 9.17) is 82.0 Å². The van der Waals surface area contributed by atoms with Crippen molar-refractivity contribution < 1.29 is 111 Å². The minimum absolute atomic E-state index is 0.0111. The minimum Gasteiger partial charge on any atom is -0.496 e. The first-order valence-electron chi connectivity index (χ1n) is 19.5. The SMILES string of the molecule is COc1ccc2c(c1CN(CC(=O)OCOCO)CC(=O)OCOCO)Oc1c(ccc(OCOCO)c1CN(CC(=O)OCOCO)CC(=O)OCOCO)C21OC(=O)c2ccccc21. The lowest BCUT2D eigenvalue weighted by Crippen LogP contribution is -2.38. The Morgan fingerprint density at radius 3 is 1.39 bits per heavy atom. The summed E-state index contributed by atoms with van der Waals surface area (Å²) >= 11 is 0. The normalized spacial score (nSPS) is 14.5. The quantitative estimate of drug-likeness (QED) is 0.0242. The molecule has 0 radical (unpaired) electrons. The molecule has 0 amide bonds. The Morgan fingerprint density at radius 2 is 0.955 bits per heavy atom. The largest absolute Gasteiger partial charge is 0.496 e. The number of aliphatic hydroxyl groups excluding tert-OH is 5. The Bertz CT molecular complexity index is 2090. The first-order valence-corrected chi connectivity index (χ1v) is 19.5. The van der Waals surface area contributed by atoms with Crippen LogP contribution in [0.3, 0.4) is 0 Å². The molecule has 1 atom stereocenters. The summed E-state index contributed by atoms with van der Waals surface area (Å²) in [5.41, 5.74) is -0.484.